The fraction of sp³-hybridized carbons (Fsp3) is 1.00. The van der Waals surface area contributed by atoms with Gasteiger partial charge in [0, 0.05) is 0 Å². The van der Waals surface area contributed by atoms with Gasteiger partial charge < -0.3 is 5.11 Å². The summed E-state index contributed by atoms with van der Waals surface area (Å²) in [5, 5.41) is 7.93. The lowest BCUT2D eigenvalue weighted by Gasteiger charge is -2.04. The highest BCUT2D eigenvalue weighted by Crippen LogP contribution is 2.22. The van der Waals surface area contributed by atoms with Crippen LogP contribution in [0.3, 0.4) is 0 Å². The van der Waals surface area contributed by atoms with Crippen LogP contribution < -0.4 is 0 Å². The largest absolute Gasteiger partial charge is 0.392 e. The molecule has 50 valence electrons. The van der Waals surface area contributed by atoms with E-state index in [9.17, 15) is 13.2 Å². The molecule has 0 aromatic rings. The van der Waals surface area contributed by atoms with Gasteiger partial charge in [0.1, 0.15) is 5.56 Å². The van der Waals surface area contributed by atoms with E-state index in [1.165, 1.54) is 0 Å². The van der Waals surface area contributed by atoms with Gasteiger partial charge in [-0.05, 0) is 0 Å². The highest BCUT2D eigenvalue weighted by Gasteiger charge is 2.29. The summed E-state index contributed by atoms with van der Waals surface area (Å²) in [6, 6.07) is 0. The first-order valence-electron chi connectivity index (χ1n) is 1.81. The second kappa shape index (κ2) is 2.55. The Morgan fingerprint density at radius 3 is 1.88 bits per heavy atom. The molecule has 1 unspecified atom stereocenters. The van der Waals surface area contributed by atoms with E-state index in [1.807, 2.05) is 0 Å². The number of aliphatic hydroxyl groups is 1. The van der Waals surface area contributed by atoms with Crippen molar-refractivity contribution in [2.75, 3.05) is 0 Å². The lowest BCUT2D eigenvalue weighted by atomic mass is 10.4. The predicted octanol–water partition coefficient (Wildman–Crippen LogP) is 1.50. The lowest BCUT2D eigenvalue weighted by Crippen LogP contribution is -2.14. The van der Waals surface area contributed by atoms with E-state index in [0.29, 0.717) is 0 Å². The fourth-order valence-corrected chi connectivity index (χ4v) is 0.366. The second-order valence-electron chi connectivity index (χ2n) is 1.25. The van der Waals surface area contributed by atoms with E-state index in [2.05, 4.69) is 11.6 Å². The van der Waals surface area contributed by atoms with Crippen molar-refractivity contribution in [3.8, 4) is 0 Å². The number of rotatable bonds is 1. The molecule has 0 spiro atoms. The van der Waals surface area contributed by atoms with Crippen molar-refractivity contribution in [1.29, 1.82) is 0 Å². The van der Waals surface area contributed by atoms with Crippen molar-refractivity contribution in [3.63, 3.8) is 0 Å². The molecule has 0 aromatic carbocycles. The van der Waals surface area contributed by atoms with Crippen molar-refractivity contribution in [2.45, 2.75) is 18.2 Å². The van der Waals surface area contributed by atoms with Gasteiger partial charge in [0.15, 0.2) is 0 Å². The molecule has 0 saturated heterocycles. The Hall–Kier alpha value is 0.0400. The molecule has 0 heterocycles. The third kappa shape index (κ3) is 6.04. The van der Waals surface area contributed by atoms with Gasteiger partial charge in [-0.15, -0.1) is 0 Å². The third-order valence-corrected chi connectivity index (χ3v) is 0.554. The first-order chi connectivity index (χ1) is 3.42. The summed E-state index contributed by atoms with van der Waals surface area (Å²) >= 11 is 4.60. The maximum atomic E-state index is 11.1. The molecular weight excluding hydrogens is 144 g/mol. The van der Waals surface area contributed by atoms with Crippen molar-refractivity contribution in [3.05, 3.63) is 0 Å². The van der Waals surface area contributed by atoms with Gasteiger partial charge in [-0.1, -0.05) is 11.6 Å². The van der Waals surface area contributed by atoms with Gasteiger partial charge in [-0.3, -0.25) is 0 Å². The molecule has 0 aliphatic rings. The standard InChI is InChI=1S/C3H4ClF3O/c4-2(8)1-3(5,6)7/h2,8H,1H2. The number of halogens is 4. The minimum atomic E-state index is -4.36. The Balaban J connectivity index is 3.39. The van der Waals surface area contributed by atoms with E-state index in [4.69, 9.17) is 5.11 Å². The molecule has 8 heavy (non-hydrogen) atoms. The monoisotopic (exact) mass is 148 g/mol. The molecule has 1 nitrogen and oxygen atoms in total. The van der Waals surface area contributed by atoms with E-state index in [0.717, 1.165) is 0 Å². The number of hydrogen-bond donors (Lipinski definition) is 1. The van der Waals surface area contributed by atoms with Crippen LogP contribution in [0.4, 0.5) is 13.2 Å². The van der Waals surface area contributed by atoms with Crippen LogP contribution >= 0.6 is 11.6 Å². The summed E-state index contributed by atoms with van der Waals surface area (Å²) < 4.78 is 33.2. The predicted molar refractivity (Wildman–Crippen MR) is 22.5 cm³/mol. The normalized spacial score (nSPS) is 16.1. The molecule has 0 radical (unpaired) electrons. The van der Waals surface area contributed by atoms with Crippen molar-refractivity contribution < 1.29 is 18.3 Å². The zero-order valence-electron chi connectivity index (χ0n) is 3.74. The smallest absolute Gasteiger partial charge is 0.377 e. The summed E-state index contributed by atoms with van der Waals surface area (Å²) in [4.78, 5) is 0. The third-order valence-electron chi connectivity index (χ3n) is 0.400. The lowest BCUT2D eigenvalue weighted by molar-refractivity contribution is -0.145. The number of aliphatic hydroxyl groups excluding tert-OH is 1. The molecule has 0 aromatic heterocycles. The number of hydrogen-bond acceptors (Lipinski definition) is 1. The molecule has 0 amide bonds. The van der Waals surface area contributed by atoms with Gasteiger partial charge in [0.25, 0.3) is 0 Å². The Kier molecular flexibility index (Phi) is 2.56. The van der Waals surface area contributed by atoms with E-state index in [1.54, 1.807) is 0 Å². The number of alkyl halides is 4. The quantitative estimate of drug-likeness (QED) is 0.559. The maximum absolute atomic E-state index is 11.1. The molecule has 5 heteroatoms. The van der Waals surface area contributed by atoms with E-state index in [-0.39, 0.29) is 0 Å². The molecule has 0 aliphatic heterocycles. The summed E-state index contributed by atoms with van der Waals surface area (Å²) in [6.07, 6.45) is -5.71. The summed E-state index contributed by atoms with van der Waals surface area (Å²) in [5.74, 6) is 0. The average Bonchev–Trinajstić information content (AvgIpc) is 1.21. The molecular formula is C3H4ClF3O. The molecule has 0 saturated carbocycles. The van der Waals surface area contributed by atoms with Crippen LogP contribution in [0.15, 0.2) is 0 Å². The minimum Gasteiger partial charge on any atom is -0.377 e. The van der Waals surface area contributed by atoms with E-state index < -0.39 is 18.2 Å². The summed E-state index contributed by atoms with van der Waals surface area (Å²) in [6.45, 7) is 0. The van der Waals surface area contributed by atoms with Gasteiger partial charge in [0.2, 0.25) is 0 Å². The highest BCUT2D eigenvalue weighted by molar-refractivity contribution is 6.19. The van der Waals surface area contributed by atoms with Crippen molar-refractivity contribution in [2.24, 2.45) is 0 Å². The summed E-state index contributed by atoms with van der Waals surface area (Å²) in [7, 11) is 0. The van der Waals surface area contributed by atoms with Crippen LogP contribution in [0.1, 0.15) is 6.42 Å². The van der Waals surface area contributed by atoms with Gasteiger partial charge in [0.05, 0.1) is 6.42 Å². The van der Waals surface area contributed by atoms with Crippen molar-refractivity contribution in [1.82, 2.24) is 0 Å². The highest BCUT2D eigenvalue weighted by atomic mass is 35.5. The van der Waals surface area contributed by atoms with Gasteiger partial charge >= 0.3 is 6.18 Å². The van der Waals surface area contributed by atoms with Crippen LogP contribution in [0.5, 0.6) is 0 Å². The molecule has 1 N–H and O–H groups in total. The average molecular weight is 149 g/mol. The SMILES string of the molecule is OC(Cl)CC(F)(F)F. The minimum absolute atomic E-state index is 1.35. The van der Waals surface area contributed by atoms with Crippen LogP contribution in [0.2, 0.25) is 0 Å². The van der Waals surface area contributed by atoms with Gasteiger partial charge in [-0.25, -0.2) is 0 Å². The zero-order valence-corrected chi connectivity index (χ0v) is 4.50. The molecule has 0 rings (SSSR count). The van der Waals surface area contributed by atoms with Gasteiger partial charge in [-0.2, -0.15) is 13.2 Å². The fourth-order valence-electron chi connectivity index (χ4n) is 0.191. The van der Waals surface area contributed by atoms with E-state index >= 15 is 0 Å². The molecule has 0 fully saturated rings. The van der Waals surface area contributed by atoms with Crippen LogP contribution in [0.25, 0.3) is 0 Å². The second-order valence-corrected chi connectivity index (χ2v) is 1.76. The molecule has 1 atom stereocenters. The van der Waals surface area contributed by atoms with Crippen molar-refractivity contribution >= 4 is 11.6 Å². The molecule has 0 aliphatic carbocycles. The Labute approximate surface area is 49.1 Å². The van der Waals surface area contributed by atoms with Crippen LogP contribution in [0, 0.1) is 0 Å². The Morgan fingerprint density at radius 2 is 1.88 bits per heavy atom. The first kappa shape index (κ1) is 8.04. The molecule has 0 bridgehead atoms. The topological polar surface area (TPSA) is 20.2 Å². The Bertz CT molecular complexity index is 69.4. The first-order valence-corrected chi connectivity index (χ1v) is 2.24. The van der Waals surface area contributed by atoms with Crippen LogP contribution in [-0.2, 0) is 0 Å². The van der Waals surface area contributed by atoms with Crippen LogP contribution in [-0.4, -0.2) is 16.8 Å². The summed E-state index contributed by atoms with van der Waals surface area (Å²) in [5.41, 5.74) is -1.81. The zero-order chi connectivity index (χ0) is 6.78. The Morgan fingerprint density at radius 1 is 1.50 bits per heavy atom. The maximum Gasteiger partial charge on any atom is 0.392 e.